The van der Waals surface area contributed by atoms with E-state index in [-0.39, 0.29) is 17.5 Å². The van der Waals surface area contributed by atoms with Gasteiger partial charge in [0.25, 0.3) is 5.91 Å². The number of nitrogens with one attached hydrogen (secondary N) is 2. The van der Waals surface area contributed by atoms with Gasteiger partial charge in [0.05, 0.1) is 22.5 Å². The number of nitrogens with zero attached hydrogens (tertiary/aromatic N) is 5. The molecule has 0 aliphatic heterocycles. The molecule has 4 aromatic rings. The van der Waals surface area contributed by atoms with Crippen molar-refractivity contribution in [2.24, 2.45) is 15.3 Å². The zero-order valence-corrected chi connectivity index (χ0v) is 17.5. The fraction of sp³-hybridized carbons (Fsp3) is 0.0909. The molecule has 0 unspecified atom stereocenters. The average molecular weight is 430 g/mol. The van der Waals surface area contributed by atoms with Crippen molar-refractivity contribution in [2.75, 3.05) is 5.75 Å². The molecule has 2 N–H and O–H groups in total. The summed E-state index contributed by atoms with van der Waals surface area (Å²) in [5, 5.41) is 13.3. The van der Waals surface area contributed by atoms with Crippen molar-refractivity contribution in [1.29, 1.82) is 0 Å². The van der Waals surface area contributed by atoms with E-state index in [2.05, 4.69) is 35.7 Å². The molecule has 0 bridgehead atoms. The first-order chi connectivity index (χ1) is 15.2. The highest BCUT2D eigenvalue weighted by molar-refractivity contribution is 7.99. The molecule has 8 nitrogen and oxygen atoms in total. The predicted molar refractivity (Wildman–Crippen MR) is 121 cm³/mol. The largest absolute Gasteiger partial charge is 0.333 e. The van der Waals surface area contributed by atoms with Crippen molar-refractivity contribution < 1.29 is 4.79 Å². The second kappa shape index (κ2) is 9.77. The minimum Gasteiger partial charge on any atom is -0.333 e. The number of azo groups is 1. The van der Waals surface area contributed by atoms with Gasteiger partial charge in [-0.3, -0.25) is 9.78 Å². The first-order valence-electron chi connectivity index (χ1n) is 9.50. The molecule has 0 radical (unpaired) electrons. The molecule has 9 heteroatoms. The van der Waals surface area contributed by atoms with Gasteiger partial charge < -0.3 is 4.98 Å². The van der Waals surface area contributed by atoms with Crippen LogP contribution in [0.25, 0.3) is 11.0 Å². The maximum atomic E-state index is 12.3. The number of fused-ring (bicyclic) bond motifs is 1. The molecule has 0 aliphatic carbocycles. The quantitative estimate of drug-likeness (QED) is 0.153. The molecule has 0 fully saturated rings. The number of aromatic amines is 1. The fourth-order valence-electron chi connectivity index (χ4n) is 2.64. The summed E-state index contributed by atoms with van der Waals surface area (Å²) in [7, 11) is 0. The monoisotopic (exact) mass is 429 g/mol. The Labute approximate surface area is 182 Å². The SMILES string of the molecule is Cc1ccc(N=N/C(=N\NC(=O)CSc2nc3ccccc3[nH]2)c2cccnc2)cc1. The van der Waals surface area contributed by atoms with Crippen LogP contribution in [0.5, 0.6) is 0 Å². The number of hydrogen-bond donors (Lipinski definition) is 2. The Balaban J connectivity index is 1.43. The number of hydrogen-bond acceptors (Lipinski definition) is 6. The van der Waals surface area contributed by atoms with Crippen LogP contribution < -0.4 is 5.43 Å². The number of H-pyrrole nitrogens is 1. The number of aromatic nitrogens is 3. The van der Waals surface area contributed by atoms with Crippen molar-refractivity contribution in [2.45, 2.75) is 12.1 Å². The van der Waals surface area contributed by atoms with Crippen LogP contribution in [0.3, 0.4) is 0 Å². The minimum absolute atomic E-state index is 0.152. The van der Waals surface area contributed by atoms with Crippen LogP contribution in [0.1, 0.15) is 11.1 Å². The Morgan fingerprint density at radius 2 is 1.94 bits per heavy atom. The van der Waals surface area contributed by atoms with Crippen molar-refractivity contribution in [3.05, 3.63) is 84.2 Å². The molecule has 154 valence electrons. The zero-order valence-electron chi connectivity index (χ0n) is 16.7. The summed E-state index contributed by atoms with van der Waals surface area (Å²) in [4.78, 5) is 24.0. The second-order valence-corrected chi connectivity index (χ2v) is 7.56. The Bertz CT molecular complexity index is 1200. The molecular formula is C22H19N7OS. The highest BCUT2D eigenvalue weighted by Crippen LogP contribution is 2.19. The predicted octanol–water partition coefficient (Wildman–Crippen LogP) is 4.62. The molecule has 0 saturated heterocycles. The lowest BCUT2D eigenvalue weighted by molar-refractivity contribution is -0.118. The maximum absolute atomic E-state index is 12.3. The van der Waals surface area contributed by atoms with Gasteiger partial charge in [0.1, 0.15) is 0 Å². The van der Waals surface area contributed by atoms with Crippen LogP contribution in [0.15, 0.2) is 93.5 Å². The van der Waals surface area contributed by atoms with Gasteiger partial charge in [-0.15, -0.1) is 10.2 Å². The number of hydrazone groups is 1. The molecule has 2 aromatic heterocycles. The van der Waals surface area contributed by atoms with E-state index in [1.165, 1.54) is 11.8 Å². The van der Waals surface area contributed by atoms with E-state index >= 15 is 0 Å². The van der Waals surface area contributed by atoms with E-state index in [1.807, 2.05) is 55.5 Å². The first-order valence-corrected chi connectivity index (χ1v) is 10.5. The third-order valence-electron chi connectivity index (χ3n) is 4.21. The average Bonchev–Trinajstić information content (AvgIpc) is 3.22. The van der Waals surface area contributed by atoms with E-state index in [1.54, 1.807) is 24.5 Å². The zero-order chi connectivity index (χ0) is 21.5. The van der Waals surface area contributed by atoms with Crippen LogP contribution in [0.2, 0.25) is 0 Å². The highest BCUT2D eigenvalue weighted by Gasteiger charge is 2.08. The van der Waals surface area contributed by atoms with Gasteiger partial charge in [-0.1, -0.05) is 41.6 Å². The van der Waals surface area contributed by atoms with Crippen molar-refractivity contribution in [3.8, 4) is 0 Å². The van der Waals surface area contributed by atoms with Crippen LogP contribution in [0.4, 0.5) is 5.69 Å². The number of imidazole rings is 1. The van der Waals surface area contributed by atoms with Gasteiger partial charge in [0.2, 0.25) is 5.84 Å². The van der Waals surface area contributed by atoms with Gasteiger partial charge in [0, 0.05) is 18.0 Å². The molecule has 2 aromatic carbocycles. The van der Waals surface area contributed by atoms with Crippen LogP contribution >= 0.6 is 11.8 Å². The van der Waals surface area contributed by atoms with Crippen molar-refractivity contribution >= 4 is 40.2 Å². The molecule has 0 spiro atoms. The smallest absolute Gasteiger partial charge is 0.250 e. The van der Waals surface area contributed by atoms with E-state index < -0.39 is 0 Å². The number of carbonyl (C=O) groups excluding carboxylic acids is 1. The van der Waals surface area contributed by atoms with E-state index in [0.717, 1.165) is 16.6 Å². The van der Waals surface area contributed by atoms with Crippen molar-refractivity contribution in [1.82, 2.24) is 20.4 Å². The number of carbonyl (C=O) groups is 1. The lowest BCUT2D eigenvalue weighted by atomic mass is 10.2. The Morgan fingerprint density at radius 1 is 1.10 bits per heavy atom. The number of amidine groups is 1. The van der Waals surface area contributed by atoms with Gasteiger partial charge in [-0.2, -0.15) is 5.10 Å². The Kier molecular flexibility index (Phi) is 6.44. The van der Waals surface area contributed by atoms with Gasteiger partial charge in [-0.25, -0.2) is 10.4 Å². The molecule has 0 saturated carbocycles. The van der Waals surface area contributed by atoms with Gasteiger partial charge >= 0.3 is 0 Å². The summed E-state index contributed by atoms with van der Waals surface area (Å²) in [6.45, 7) is 2.00. The molecule has 1 amide bonds. The normalized spacial score (nSPS) is 11.8. The Hall–Kier alpha value is -3.85. The summed E-state index contributed by atoms with van der Waals surface area (Å²) >= 11 is 1.30. The highest BCUT2D eigenvalue weighted by atomic mass is 32.2. The fourth-order valence-corrected chi connectivity index (χ4v) is 3.31. The summed E-state index contributed by atoms with van der Waals surface area (Å²) in [5.74, 6) is 0.131. The van der Waals surface area contributed by atoms with Gasteiger partial charge in [0.15, 0.2) is 5.16 Å². The third-order valence-corrected chi connectivity index (χ3v) is 5.08. The van der Waals surface area contributed by atoms with Crippen LogP contribution in [-0.2, 0) is 4.79 Å². The number of benzene rings is 2. The number of thioether (sulfide) groups is 1. The molecule has 2 heterocycles. The number of amides is 1. The van der Waals surface area contributed by atoms with Crippen molar-refractivity contribution in [3.63, 3.8) is 0 Å². The van der Waals surface area contributed by atoms with Gasteiger partial charge in [-0.05, 0) is 43.3 Å². The molecule has 0 atom stereocenters. The summed E-state index contributed by atoms with van der Waals surface area (Å²) < 4.78 is 0. The molecule has 31 heavy (non-hydrogen) atoms. The minimum atomic E-state index is -0.280. The maximum Gasteiger partial charge on any atom is 0.250 e. The lowest BCUT2D eigenvalue weighted by Gasteiger charge is -2.02. The van der Waals surface area contributed by atoms with Crippen LogP contribution in [-0.4, -0.2) is 32.4 Å². The number of pyridine rings is 1. The van der Waals surface area contributed by atoms with E-state index in [4.69, 9.17) is 0 Å². The Morgan fingerprint density at radius 3 is 2.71 bits per heavy atom. The molecular weight excluding hydrogens is 410 g/mol. The number of para-hydroxylation sites is 2. The summed E-state index contributed by atoms with van der Waals surface area (Å²) in [6.07, 6.45) is 3.27. The molecule has 0 aliphatic rings. The first kappa shape index (κ1) is 20.4. The molecule has 4 rings (SSSR count). The number of rotatable bonds is 6. The van der Waals surface area contributed by atoms with Crippen LogP contribution in [0, 0.1) is 6.92 Å². The van der Waals surface area contributed by atoms with E-state index in [0.29, 0.717) is 16.4 Å². The number of aryl methyl sites for hydroxylation is 1. The summed E-state index contributed by atoms with van der Waals surface area (Å²) in [6, 6.07) is 18.9. The third kappa shape index (κ3) is 5.61. The summed E-state index contributed by atoms with van der Waals surface area (Å²) in [5.41, 5.74) is 6.79. The van der Waals surface area contributed by atoms with E-state index in [9.17, 15) is 4.79 Å². The topological polar surface area (TPSA) is 108 Å². The second-order valence-electron chi connectivity index (χ2n) is 6.60. The lowest BCUT2D eigenvalue weighted by Crippen LogP contribution is -2.21. The standard InChI is InChI=1S/C22H19N7OS/c1-15-8-10-17(11-9-15)26-28-21(16-5-4-12-23-13-16)29-27-20(30)14-31-22-24-18-6-2-3-7-19(18)25-22/h2-13H,14H2,1H3,(H,24,25)(H,27,30)/b28-26?,29-21-.